The summed E-state index contributed by atoms with van der Waals surface area (Å²) < 4.78 is 9.85. The van der Waals surface area contributed by atoms with Crippen molar-refractivity contribution in [3.05, 3.63) is 34.7 Å². The molecule has 0 saturated carbocycles. The van der Waals surface area contributed by atoms with Crippen molar-refractivity contribution in [1.29, 1.82) is 0 Å². The first-order chi connectivity index (χ1) is 11.5. The maximum atomic E-state index is 12.3. The highest BCUT2D eigenvalue weighted by molar-refractivity contribution is 8.18. The van der Waals surface area contributed by atoms with E-state index in [1.807, 2.05) is 6.92 Å². The first kappa shape index (κ1) is 18.0. The zero-order valence-electron chi connectivity index (χ0n) is 13.4. The summed E-state index contributed by atoms with van der Waals surface area (Å²) in [6, 6.07) is 6.09. The van der Waals surface area contributed by atoms with Crippen LogP contribution in [0.4, 0.5) is 4.79 Å². The molecule has 8 heteroatoms. The second-order valence-electron chi connectivity index (χ2n) is 4.92. The van der Waals surface area contributed by atoms with Crippen molar-refractivity contribution in [3.8, 4) is 5.75 Å². The quantitative estimate of drug-likeness (QED) is 0.615. The molecule has 0 bridgehead atoms. The van der Waals surface area contributed by atoms with Gasteiger partial charge in [0.25, 0.3) is 11.1 Å². The number of carbonyl (C=O) groups is 3. The van der Waals surface area contributed by atoms with Crippen LogP contribution in [0.15, 0.2) is 29.2 Å². The van der Waals surface area contributed by atoms with E-state index < -0.39 is 23.2 Å². The van der Waals surface area contributed by atoms with Gasteiger partial charge in [-0.1, -0.05) is 12.1 Å². The van der Waals surface area contributed by atoms with E-state index in [-0.39, 0.29) is 11.4 Å². The summed E-state index contributed by atoms with van der Waals surface area (Å²) in [5.74, 6) is -0.422. The fourth-order valence-electron chi connectivity index (χ4n) is 2.06. The fourth-order valence-corrected chi connectivity index (χ4v) is 2.91. The van der Waals surface area contributed by atoms with E-state index in [1.165, 1.54) is 7.11 Å². The zero-order chi connectivity index (χ0) is 17.7. The third-order valence-electron chi connectivity index (χ3n) is 3.25. The molecule has 1 aliphatic rings. The molecule has 1 aromatic rings. The van der Waals surface area contributed by atoms with Gasteiger partial charge in [0.1, 0.15) is 11.8 Å². The average molecular weight is 350 g/mol. The van der Waals surface area contributed by atoms with Crippen molar-refractivity contribution in [2.75, 3.05) is 20.3 Å². The number of thioether (sulfide) groups is 1. The first-order valence-electron chi connectivity index (χ1n) is 7.28. The van der Waals surface area contributed by atoms with Gasteiger partial charge in [-0.15, -0.1) is 0 Å². The Morgan fingerprint density at radius 1 is 1.33 bits per heavy atom. The minimum atomic E-state index is -1.06. The number of hydrogen-bond donors (Lipinski definition) is 1. The van der Waals surface area contributed by atoms with Crippen molar-refractivity contribution >= 4 is 35.0 Å². The Morgan fingerprint density at radius 3 is 2.58 bits per heavy atom. The highest BCUT2D eigenvalue weighted by atomic mass is 32.2. The van der Waals surface area contributed by atoms with E-state index in [1.54, 1.807) is 30.3 Å². The summed E-state index contributed by atoms with van der Waals surface area (Å²) >= 11 is 0.812. The largest absolute Gasteiger partial charge is 0.494 e. The van der Waals surface area contributed by atoms with Crippen molar-refractivity contribution in [2.45, 2.75) is 13.0 Å². The third-order valence-corrected chi connectivity index (χ3v) is 4.15. The molecule has 1 atom stereocenters. The van der Waals surface area contributed by atoms with E-state index in [9.17, 15) is 14.4 Å². The summed E-state index contributed by atoms with van der Waals surface area (Å²) in [5.41, 5.74) is 6.38. The Balaban J connectivity index is 2.11. The number of rotatable bonds is 6. The SMILES string of the molecule is CCOc1ccc(/C=C2\SC(=O)N(C[C@H](N)C(=O)OC)C2=O)cc1. The van der Waals surface area contributed by atoms with Crippen LogP contribution in [0.3, 0.4) is 0 Å². The van der Waals surface area contributed by atoms with Gasteiger partial charge < -0.3 is 15.2 Å². The summed E-state index contributed by atoms with van der Waals surface area (Å²) in [4.78, 5) is 36.9. The summed E-state index contributed by atoms with van der Waals surface area (Å²) in [6.45, 7) is 2.25. The van der Waals surface area contributed by atoms with Crippen LogP contribution in [-0.4, -0.2) is 48.3 Å². The van der Waals surface area contributed by atoms with Crippen LogP contribution in [0.2, 0.25) is 0 Å². The number of benzene rings is 1. The first-order valence-corrected chi connectivity index (χ1v) is 8.09. The van der Waals surface area contributed by atoms with Crippen molar-refractivity contribution in [3.63, 3.8) is 0 Å². The van der Waals surface area contributed by atoms with Crippen molar-refractivity contribution in [2.24, 2.45) is 5.73 Å². The van der Waals surface area contributed by atoms with Gasteiger partial charge in [-0.3, -0.25) is 19.3 Å². The molecule has 1 saturated heterocycles. The topological polar surface area (TPSA) is 98.9 Å². The molecule has 1 aliphatic heterocycles. The predicted molar refractivity (Wildman–Crippen MR) is 90.3 cm³/mol. The van der Waals surface area contributed by atoms with Gasteiger partial charge in [0, 0.05) is 0 Å². The smallest absolute Gasteiger partial charge is 0.324 e. The van der Waals surface area contributed by atoms with Gasteiger partial charge in [0.2, 0.25) is 0 Å². The Labute approximate surface area is 143 Å². The number of methoxy groups -OCH3 is 1. The van der Waals surface area contributed by atoms with Crippen LogP contribution in [0, 0.1) is 0 Å². The van der Waals surface area contributed by atoms with Crippen LogP contribution in [-0.2, 0) is 14.3 Å². The highest BCUT2D eigenvalue weighted by Gasteiger charge is 2.37. The fraction of sp³-hybridized carbons (Fsp3) is 0.312. The number of hydrogen-bond acceptors (Lipinski definition) is 7. The maximum absolute atomic E-state index is 12.3. The minimum absolute atomic E-state index is 0.210. The van der Waals surface area contributed by atoms with Gasteiger partial charge >= 0.3 is 5.97 Å². The predicted octanol–water partition coefficient (Wildman–Crippen LogP) is 1.62. The molecule has 1 heterocycles. The number of nitrogens with two attached hydrogens (primary N) is 1. The van der Waals surface area contributed by atoms with Gasteiger partial charge in [0.05, 0.1) is 25.2 Å². The van der Waals surface area contributed by atoms with E-state index in [0.29, 0.717) is 6.61 Å². The lowest BCUT2D eigenvalue weighted by molar-refractivity contribution is -0.142. The summed E-state index contributed by atoms with van der Waals surface area (Å²) in [6.07, 6.45) is 1.62. The lowest BCUT2D eigenvalue weighted by Gasteiger charge is -2.16. The monoisotopic (exact) mass is 350 g/mol. The second-order valence-corrected chi connectivity index (χ2v) is 5.92. The highest BCUT2D eigenvalue weighted by Crippen LogP contribution is 2.32. The standard InChI is InChI=1S/C16H18N2O5S/c1-3-23-11-6-4-10(5-7-11)8-13-14(19)18(16(21)24-13)9-12(17)15(20)22-2/h4-8,12H,3,9,17H2,1-2H3/b13-8-/t12-/m0/s1. The van der Waals surface area contributed by atoms with Gasteiger partial charge in [-0.2, -0.15) is 0 Å². The Kier molecular flexibility index (Phi) is 5.99. The molecule has 1 fully saturated rings. The summed E-state index contributed by atoms with van der Waals surface area (Å²) in [5, 5.41) is -0.462. The van der Waals surface area contributed by atoms with E-state index in [4.69, 9.17) is 10.5 Å². The molecule has 0 aliphatic carbocycles. The molecule has 0 unspecified atom stereocenters. The molecule has 0 radical (unpaired) electrons. The number of imide groups is 1. The van der Waals surface area contributed by atoms with Crippen molar-refractivity contribution < 1.29 is 23.9 Å². The number of esters is 1. The summed E-state index contributed by atoms with van der Waals surface area (Å²) in [7, 11) is 1.20. The molecule has 128 valence electrons. The lowest BCUT2D eigenvalue weighted by Crippen LogP contribution is -2.44. The molecule has 24 heavy (non-hydrogen) atoms. The average Bonchev–Trinajstić information content (AvgIpc) is 2.83. The molecule has 1 aromatic carbocycles. The van der Waals surface area contributed by atoms with Crippen LogP contribution < -0.4 is 10.5 Å². The Bertz CT molecular complexity index is 672. The molecule has 0 spiro atoms. The van der Waals surface area contributed by atoms with Gasteiger partial charge in [0.15, 0.2) is 0 Å². The van der Waals surface area contributed by atoms with Gasteiger partial charge in [-0.05, 0) is 42.5 Å². The molecule has 2 rings (SSSR count). The van der Waals surface area contributed by atoms with E-state index in [2.05, 4.69) is 4.74 Å². The Hall–Kier alpha value is -2.32. The minimum Gasteiger partial charge on any atom is -0.494 e. The van der Waals surface area contributed by atoms with Crippen LogP contribution >= 0.6 is 11.8 Å². The molecular weight excluding hydrogens is 332 g/mol. The number of nitrogens with zero attached hydrogens (tertiary/aromatic N) is 1. The van der Waals surface area contributed by atoms with Crippen LogP contribution in [0.5, 0.6) is 5.75 Å². The normalized spacial score (nSPS) is 17.3. The molecular formula is C16H18N2O5S. The molecule has 2 amide bonds. The number of ether oxygens (including phenoxy) is 2. The second kappa shape index (κ2) is 7.98. The van der Waals surface area contributed by atoms with Crippen molar-refractivity contribution in [1.82, 2.24) is 4.90 Å². The van der Waals surface area contributed by atoms with Crippen LogP contribution in [0.1, 0.15) is 12.5 Å². The Morgan fingerprint density at radius 2 is 2.00 bits per heavy atom. The molecule has 7 nitrogen and oxygen atoms in total. The maximum Gasteiger partial charge on any atom is 0.324 e. The van der Waals surface area contributed by atoms with E-state index in [0.717, 1.165) is 28.0 Å². The van der Waals surface area contributed by atoms with E-state index >= 15 is 0 Å². The van der Waals surface area contributed by atoms with Gasteiger partial charge in [-0.25, -0.2) is 0 Å². The molecule has 2 N–H and O–H groups in total. The lowest BCUT2D eigenvalue weighted by atomic mass is 10.2. The van der Waals surface area contributed by atoms with Crippen LogP contribution in [0.25, 0.3) is 6.08 Å². The third kappa shape index (κ3) is 4.15. The number of carbonyl (C=O) groups excluding carboxylic acids is 3. The molecule has 0 aromatic heterocycles. The number of amides is 2. The zero-order valence-corrected chi connectivity index (χ0v) is 14.2.